The third kappa shape index (κ3) is 28.7. The second-order valence-electron chi connectivity index (χ2n) is 23.6. The van der Waals surface area contributed by atoms with Crippen molar-refractivity contribution in [3.63, 3.8) is 0 Å². The van der Waals surface area contributed by atoms with E-state index < -0.39 is 0 Å². The number of hydrogen-bond acceptors (Lipinski definition) is 38. The van der Waals surface area contributed by atoms with Crippen LogP contribution in [0.5, 0.6) is 0 Å². The van der Waals surface area contributed by atoms with E-state index in [0.29, 0.717) is 121 Å². The molecule has 43 heteroatoms. The molecular formula is C73H116N40O3. The minimum atomic E-state index is -0.152. The highest BCUT2D eigenvalue weighted by Crippen LogP contribution is 2.27. The number of fused-ring (bicyclic) bond motifs is 6. The number of nitrogen functional groups attached to an aromatic ring is 9. The lowest BCUT2D eigenvalue weighted by molar-refractivity contribution is 0.790. The zero-order valence-electron chi connectivity index (χ0n) is 62.0. The van der Waals surface area contributed by atoms with E-state index in [-0.39, 0.29) is 86.5 Å². The maximum Gasteiger partial charge on any atom is 0.262 e. The van der Waals surface area contributed by atoms with Crippen molar-refractivity contribution in [3.8, 4) is 0 Å². The molecule has 31 N–H and O–H groups in total. The van der Waals surface area contributed by atoms with Gasteiger partial charge in [0.2, 0.25) is 17.8 Å². The molecule has 116 heavy (non-hydrogen) atoms. The van der Waals surface area contributed by atoms with Crippen LogP contribution < -0.4 is 101 Å². The van der Waals surface area contributed by atoms with Crippen molar-refractivity contribution in [3.05, 3.63) is 179 Å². The van der Waals surface area contributed by atoms with Crippen LogP contribution in [0.15, 0.2) is 98.4 Å². The van der Waals surface area contributed by atoms with Crippen LogP contribution in [0.1, 0.15) is 134 Å². The van der Waals surface area contributed by atoms with Gasteiger partial charge in [-0.1, -0.05) is 58.6 Å². The van der Waals surface area contributed by atoms with E-state index in [9.17, 15) is 14.4 Å². The average Bonchev–Trinajstić information content (AvgIpc) is 1.79. The van der Waals surface area contributed by atoms with E-state index >= 15 is 0 Å². The van der Waals surface area contributed by atoms with E-state index in [1.165, 1.54) is 6.20 Å². The Labute approximate surface area is 672 Å². The van der Waals surface area contributed by atoms with Crippen LogP contribution in [-0.2, 0) is 6.42 Å². The van der Waals surface area contributed by atoms with Crippen molar-refractivity contribution in [1.29, 1.82) is 0 Å². The van der Waals surface area contributed by atoms with Gasteiger partial charge in [-0.15, -0.1) is 0 Å². The van der Waals surface area contributed by atoms with E-state index in [1.807, 2.05) is 61.5 Å². The maximum absolute atomic E-state index is 11.3. The third-order valence-corrected chi connectivity index (χ3v) is 15.1. The standard InChI is InChI=1S/C8H11N3O.C8H7N3O.C7H11N5.C7H7N5.C7H8N4.C6H6N4O.3C6H10N4.C5H8N4.7CH4/c2*1-5-10-7-6(8(12)11-5)3-2-4-9-7;2*1-4-11-6(8)5-7(12-4)10-3-2-9-5;1-4-10-6(8)5-2-3-9-7(5)11-4;1-3-8-5-4(2-7-10-5)6(11)9-3;3*1-3-4(2)9-6(8)10-5(3)7;1-3-2-8-5(7)9-4(3)6;;;;;;;/h2-4H2,1H3,(H2,9,10,11,12);2-4H,1H3,(H,9,10,11,12);9H,2-3H2,1H3,(H3,8,10,11,12);2-3H,1H3,(H2,8,10,11,12);2-3H,1H3,(H3,8,9,10,11);2H,1H3,(H2,7,8,9,10,11);2*1-2H3,(H4,7,8,9,10);2,7H2,1H3,(H3,8,9,10);2H,1H3,(H4,6,7,8,9);7*1H4. The maximum atomic E-state index is 11.3. The Morgan fingerprint density at radius 3 is 1.58 bits per heavy atom. The molecule has 3 aliphatic rings. The van der Waals surface area contributed by atoms with Crippen LogP contribution in [0, 0.1) is 76.2 Å². The first-order valence-electron chi connectivity index (χ1n) is 32.9. The molecule has 16 heterocycles. The lowest BCUT2D eigenvalue weighted by Crippen LogP contribution is -2.34. The molecule has 0 bridgehead atoms. The summed E-state index contributed by atoms with van der Waals surface area (Å²) in [5.41, 5.74) is 70.1. The van der Waals surface area contributed by atoms with Crippen molar-refractivity contribution in [1.82, 2.24) is 125 Å². The molecule has 0 saturated carbocycles. The number of allylic oxidation sites excluding steroid dienone is 1. The second-order valence-corrected chi connectivity index (χ2v) is 23.6. The Hall–Kier alpha value is -15.0. The molecular weight excluding hydrogens is 1490 g/mol. The Kier molecular flexibility index (Phi) is 40.6. The SMILES string of the molecule is C.C.C.C.C.C.C.C=C1NC(N)=NC(N)=C1C.Cc1cnc(N)nc1N.Cc1nc(N)c2c(n1)NCCN2.Cc1nc(N)c2cc[nH]c2n1.Cc1nc(N)c2nccnc2n1.Cc1nc(N)nc(N)c1C.Cc1nc(N)nc(N)c1C.Cc1nc2[nH]ncc2c(=O)[nH]1.Cc1nc2c(c(=O)[nH]1)CCCN2.Cc1nc2ncccc2c(=O)[nH]1. The molecule has 13 aromatic heterocycles. The summed E-state index contributed by atoms with van der Waals surface area (Å²) < 4.78 is 0. The Morgan fingerprint density at radius 2 is 0.966 bits per heavy atom. The molecule has 0 unspecified atom stereocenters. The van der Waals surface area contributed by atoms with Crippen molar-refractivity contribution in [2.75, 3.05) is 87.2 Å². The van der Waals surface area contributed by atoms with E-state index in [2.05, 4.69) is 153 Å². The summed E-state index contributed by atoms with van der Waals surface area (Å²) in [6.45, 7) is 28.1. The molecule has 13 aromatic rings. The summed E-state index contributed by atoms with van der Waals surface area (Å²) in [5.74, 6) is 9.66. The highest BCUT2D eigenvalue weighted by atomic mass is 16.1. The monoisotopic (exact) mass is 1600 g/mol. The van der Waals surface area contributed by atoms with Crippen molar-refractivity contribution in [2.45, 2.75) is 148 Å². The van der Waals surface area contributed by atoms with Gasteiger partial charge in [0.25, 0.3) is 16.7 Å². The predicted octanol–water partition coefficient (Wildman–Crippen LogP) is 6.91. The van der Waals surface area contributed by atoms with Gasteiger partial charge >= 0.3 is 0 Å². The van der Waals surface area contributed by atoms with E-state index in [0.717, 1.165) is 100 Å². The molecule has 0 aliphatic carbocycles. The third-order valence-electron chi connectivity index (χ3n) is 15.1. The lowest BCUT2D eigenvalue weighted by atomic mass is 10.1. The second kappa shape index (κ2) is 46.6. The number of H-pyrrole nitrogens is 5. The largest absolute Gasteiger partial charge is 0.383 e. The summed E-state index contributed by atoms with van der Waals surface area (Å²) in [6.07, 6.45) is 11.5. The van der Waals surface area contributed by atoms with Crippen molar-refractivity contribution in [2.24, 2.45) is 16.5 Å². The number of pyridine rings is 1. The Bertz CT molecular complexity index is 5530. The minimum absolute atomic E-state index is 0. The lowest BCUT2D eigenvalue weighted by Gasteiger charge is -2.19. The quantitative estimate of drug-likeness (QED) is 0.0733. The Balaban J connectivity index is 0.00000126. The summed E-state index contributed by atoms with van der Waals surface area (Å²) in [7, 11) is 0. The number of nitrogens with zero attached hydrogens (tertiary/aromatic N) is 20. The van der Waals surface area contributed by atoms with Crippen molar-refractivity contribution < 1.29 is 0 Å². The van der Waals surface area contributed by atoms with Crippen LogP contribution in [0.4, 0.5) is 70.1 Å². The first-order chi connectivity index (χ1) is 51.7. The van der Waals surface area contributed by atoms with Gasteiger partial charge in [-0.2, -0.15) is 25.0 Å². The number of nitrogens with one attached hydrogen (secondary N) is 9. The molecule has 0 radical (unpaired) electrons. The van der Waals surface area contributed by atoms with Gasteiger partial charge in [-0.3, -0.25) is 19.5 Å². The first-order valence-corrected chi connectivity index (χ1v) is 32.9. The van der Waals surface area contributed by atoms with Crippen LogP contribution in [0.25, 0.3) is 44.3 Å². The van der Waals surface area contributed by atoms with Gasteiger partial charge in [-0.05, 0) is 114 Å². The number of guanidine groups is 1. The molecule has 0 fully saturated rings. The molecule has 0 saturated heterocycles. The number of rotatable bonds is 0. The number of aromatic nitrogens is 24. The smallest absolute Gasteiger partial charge is 0.262 e. The fourth-order valence-corrected chi connectivity index (χ4v) is 9.31. The molecule has 0 amide bonds. The number of hydrogen-bond donors (Lipinski definition) is 20. The highest BCUT2D eigenvalue weighted by Gasteiger charge is 2.16. The first kappa shape index (κ1) is 101. The molecule has 626 valence electrons. The number of anilines is 12. The molecule has 0 spiro atoms. The number of aromatic amines is 5. The summed E-state index contributed by atoms with van der Waals surface area (Å²) in [4.78, 5) is 120. The summed E-state index contributed by atoms with van der Waals surface area (Å²) in [6, 6.07) is 5.28. The predicted molar refractivity (Wildman–Crippen MR) is 470 cm³/mol. The minimum Gasteiger partial charge on any atom is -0.383 e. The van der Waals surface area contributed by atoms with Crippen molar-refractivity contribution >= 4 is 120 Å². The van der Waals surface area contributed by atoms with E-state index in [1.54, 1.807) is 70.8 Å². The number of aliphatic imine (C=N–C) groups is 1. The normalized spacial score (nSPS) is 11.2. The fourth-order valence-electron chi connectivity index (χ4n) is 9.31. The summed E-state index contributed by atoms with van der Waals surface area (Å²) >= 11 is 0. The van der Waals surface area contributed by atoms with Gasteiger partial charge in [0.05, 0.1) is 22.5 Å². The van der Waals surface area contributed by atoms with Gasteiger partial charge in [0.15, 0.2) is 40.4 Å². The number of aryl methyl sites for hydroxylation is 9. The molecule has 43 nitrogen and oxygen atoms in total. The molecule has 0 aromatic carbocycles. The number of nitrogens with two attached hydrogens (primary N) is 11. The van der Waals surface area contributed by atoms with Crippen LogP contribution in [0.2, 0.25) is 0 Å². The van der Waals surface area contributed by atoms with Gasteiger partial charge in [0.1, 0.15) is 92.1 Å². The molecule has 0 atom stereocenters. The van der Waals surface area contributed by atoms with E-state index in [4.69, 9.17) is 63.1 Å². The average molecular weight is 1600 g/mol. The topological polar surface area (TPSA) is 722 Å². The summed E-state index contributed by atoms with van der Waals surface area (Å²) in [5, 5.41) is 20.4. The Morgan fingerprint density at radius 1 is 0.431 bits per heavy atom. The highest BCUT2D eigenvalue weighted by molar-refractivity contribution is 5.86. The van der Waals surface area contributed by atoms with Gasteiger partial charge < -0.3 is 104 Å². The van der Waals surface area contributed by atoms with Gasteiger partial charge in [-0.25, -0.2) is 74.8 Å². The zero-order valence-corrected chi connectivity index (χ0v) is 62.0. The molecule has 16 rings (SSSR count). The van der Waals surface area contributed by atoms with Crippen LogP contribution in [-0.4, -0.2) is 145 Å². The molecule has 3 aliphatic heterocycles. The fraction of sp³-hybridized carbons (Fsp3) is 0.329. The van der Waals surface area contributed by atoms with Gasteiger partial charge in [0, 0.05) is 90.0 Å². The van der Waals surface area contributed by atoms with Crippen LogP contribution >= 0.6 is 0 Å². The van der Waals surface area contributed by atoms with Crippen LogP contribution in [0.3, 0.4) is 0 Å². The zero-order chi connectivity index (χ0) is 79.9.